The van der Waals surface area contributed by atoms with Crippen molar-refractivity contribution in [2.45, 2.75) is 38.5 Å². The summed E-state index contributed by atoms with van der Waals surface area (Å²) in [6, 6.07) is 12.2. The lowest BCUT2D eigenvalue weighted by molar-refractivity contribution is 0.0908. The predicted molar refractivity (Wildman–Crippen MR) is 130 cm³/mol. The van der Waals surface area contributed by atoms with Gasteiger partial charge < -0.3 is 20.8 Å². The number of thiazole rings is 1. The fourth-order valence-electron chi connectivity index (χ4n) is 4.18. The number of anilines is 2. The maximum Gasteiger partial charge on any atom is 0.225 e. The summed E-state index contributed by atoms with van der Waals surface area (Å²) in [7, 11) is 0. The summed E-state index contributed by atoms with van der Waals surface area (Å²) in [5, 5.41) is 29.6. The Morgan fingerprint density at radius 2 is 1.97 bits per heavy atom. The molecule has 3 atom stereocenters. The number of aliphatic hydroxyl groups is 2. The number of para-hydroxylation sites is 1. The summed E-state index contributed by atoms with van der Waals surface area (Å²) in [5.74, 6) is 1.15. The first kappa shape index (κ1) is 21.3. The van der Waals surface area contributed by atoms with Crippen LogP contribution in [0.2, 0.25) is 0 Å². The fraction of sp³-hybridized carbons (Fsp3) is 0.348. The Hall–Kier alpha value is -2.59. The van der Waals surface area contributed by atoms with Crippen LogP contribution in [0.25, 0.3) is 20.8 Å². The molecule has 3 aromatic heterocycles. The van der Waals surface area contributed by atoms with Crippen molar-refractivity contribution in [1.82, 2.24) is 15.0 Å². The molecular formula is C23H25N5O2S2. The highest BCUT2D eigenvalue weighted by Crippen LogP contribution is 2.38. The summed E-state index contributed by atoms with van der Waals surface area (Å²) in [4.78, 5) is 15.6. The van der Waals surface area contributed by atoms with Crippen LogP contribution in [0.4, 0.5) is 11.8 Å². The number of hydrogen-bond donors (Lipinski definition) is 4. The van der Waals surface area contributed by atoms with Crippen molar-refractivity contribution >= 4 is 44.7 Å². The van der Waals surface area contributed by atoms with Gasteiger partial charge in [-0.25, -0.2) is 9.97 Å². The number of thiophene rings is 1. The standard InChI is InChI=1S/C23H25N5O2S2/c1-13-20(22-27-17-6-2-3-7-19(17)32-22)21(26-15-9-14(12-29)18(30)10-15)28-23(25-13)24-11-16-5-4-8-31-16/h2-8,14-15,18,29-30H,9-12H2,1H3,(H2,24,25,26,28)/t14-,15-,18+/m1/s1. The van der Waals surface area contributed by atoms with E-state index in [-0.39, 0.29) is 18.6 Å². The van der Waals surface area contributed by atoms with Crippen molar-refractivity contribution in [3.63, 3.8) is 0 Å². The van der Waals surface area contributed by atoms with Crippen LogP contribution in [0.15, 0.2) is 41.8 Å². The van der Waals surface area contributed by atoms with Gasteiger partial charge in [0.05, 0.1) is 34.1 Å². The highest BCUT2D eigenvalue weighted by Gasteiger charge is 2.33. The molecule has 1 saturated carbocycles. The zero-order valence-corrected chi connectivity index (χ0v) is 19.3. The first-order chi connectivity index (χ1) is 15.6. The molecule has 0 bridgehead atoms. The molecule has 32 heavy (non-hydrogen) atoms. The van der Waals surface area contributed by atoms with E-state index >= 15 is 0 Å². The van der Waals surface area contributed by atoms with E-state index in [4.69, 9.17) is 15.0 Å². The van der Waals surface area contributed by atoms with Gasteiger partial charge in [0.25, 0.3) is 0 Å². The highest BCUT2D eigenvalue weighted by atomic mass is 32.1. The van der Waals surface area contributed by atoms with Crippen molar-refractivity contribution < 1.29 is 10.2 Å². The number of aliphatic hydroxyl groups excluding tert-OH is 2. The molecule has 5 rings (SSSR count). The molecule has 1 fully saturated rings. The Morgan fingerprint density at radius 1 is 1.09 bits per heavy atom. The molecular weight excluding hydrogens is 442 g/mol. The molecule has 4 aromatic rings. The molecule has 1 aliphatic rings. The molecule has 0 spiro atoms. The van der Waals surface area contributed by atoms with Crippen LogP contribution in [0, 0.1) is 12.8 Å². The van der Waals surface area contributed by atoms with Gasteiger partial charge in [-0.2, -0.15) is 4.98 Å². The lowest BCUT2D eigenvalue weighted by Crippen LogP contribution is -2.19. The number of rotatable bonds is 7. The Kier molecular flexibility index (Phi) is 6.05. The lowest BCUT2D eigenvalue weighted by Gasteiger charge is -2.18. The van der Waals surface area contributed by atoms with Gasteiger partial charge in [0.15, 0.2) is 0 Å². The molecule has 0 unspecified atom stereocenters. The normalized spacial score (nSPS) is 20.7. The highest BCUT2D eigenvalue weighted by molar-refractivity contribution is 7.21. The lowest BCUT2D eigenvalue weighted by atomic mass is 10.1. The van der Waals surface area contributed by atoms with Crippen molar-refractivity contribution in [3.8, 4) is 10.6 Å². The van der Waals surface area contributed by atoms with Crippen LogP contribution in [-0.4, -0.2) is 43.9 Å². The van der Waals surface area contributed by atoms with E-state index < -0.39 is 6.10 Å². The van der Waals surface area contributed by atoms with E-state index in [0.717, 1.165) is 26.5 Å². The maximum absolute atomic E-state index is 10.3. The minimum absolute atomic E-state index is 0.0134. The van der Waals surface area contributed by atoms with Crippen LogP contribution in [-0.2, 0) is 6.54 Å². The second-order valence-electron chi connectivity index (χ2n) is 8.10. The summed E-state index contributed by atoms with van der Waals surface area (Å²) >= 11 is 3.31. The van der Waals surface area contributed by atoms with E-state index in [1.165, 1.54) is 4.88 Å². The first-order valence-corrected chi connectivity index (χ1v) is 12.4. The molecule has 0 radical (unpaired) electrons. The van der Waals surface area contributed by atoms with Crippen LogP contribution < -0.4 is 10.6 Å². The Morgan fingerprint density at radius 3 is 2.72 bits per heavy atom. The van der Waals surface area contributed by atoms with Crippen molar-refractivity contribution in [3.05, 3.63) is 52.3 Å². The van der Waals surface area contributed by atoms with E-state index in [1.54, 1.807) is 22.7 Å². The first-order valence-electron chi connectivity index (χ1n) is 10.7. The summed E-state index contributed by atoms with van der Waals surface area (Å²) in [6.07, 6.45) is 0.756. The third kappa shape index (κ3) is 4.33. The maximum atomic E-state index is 10.3. The zero-order chi connectivity index (χ0) is 22.1. The van der Waals surface area contributed by atoms with E-state index in [0.29, 0.717) is 31.2 Å². The number of nitrogens with one attached hydrogen (secondary N) is 2. The predicted octanol–water partition coefficient (Wildman–Crippen LogP) is 4.28. The summed E-state index contributed by atoms with van der Waals surface area (Å²) in [5.41, 5.74) is 2.68. The topological polar surface area (TPSA) is 103 Å². The Bertz CT molecular complexity index is 1180. The number of fused-ring (bicyclic) bond motifs is 1. The van der Waals surface area contributed by atoms with Crippen LogP contribution in [0.3, 0.4) is 0 Å². The molecule has 166 valence electrons. The monoisotopic (exact) mass is 467 g/mol. The largest absolute Gasteiger partial charge is 0.396 e. The molecule has 0 aliphatic heterocycles. The average Bonchev–Trinajstić information content (AvgIpc) is 3.51. The average molecular weight is 468 g/mol. The molecule has 3 heterocycles. The minimum Gasteiger partial charge on any atom is -0.396 e. The van der Waals surface area contributed by atoms with Gasteiger partial charge in [0.1, 0.15) is 10.8 Å². The second kappa shape index (κ2) is 9.11. The number of aromatic nitrogens is 3. The Labute approximate surface area is 194 Å². The van der Waals surface area contributed by atoms with E-state index in [2.05, 4.69) is 28.1 Å². The van der Waals surface area contributed by atoms with Crippen molar-refractivity contribution in [2.75, 3.05) is 17.2 Å². The van der Waals surface area contributed by atoms with Gasteiger partial charge in [0, 0.05) is 23.4 Å². The van der Waals surface area contributed by atoms with Crippen molar-refractivity contribution in [1.29, 1.82) is 0 Å². The van der Waals surface area contributed by atoms with Crippen LogP contribution in [0.5, 0.6) is 0 Å². The second-order valence-corrected chi connectivity index (χ2v) is 10.2. The van der Waals surface area contributed by atoms with Crippen LogP contribution >= 0.6 is 22.7 Å². The molecule has 9 heteroatoms. The van der Waals surface area contributed by atoms with Gasteiger partial charge >= 0.3 is 0 Å². The van der Waals surface area contributed by atoms with Gasteiger partial charge in [0.2, 0.25) is 5.95 Å². The molecule has 1 aliphatic carbocycles. The van der Waals surface area contributed by atoms with E-state index in [1.807, 2.05) is 31.2 Å². The summed E-state index contributed by atoms with van der Waals surface area (Å²) in [6.45, 7) is 2.62. The van der Waals surface area contributed by atoms with Gasteiger partial charge in [-0.15, -0.1) is 22.7 Å². The number of hydrogen-bond acceptors (Lipinski definition) is 9. The quantitative estimate of drug-likeness (QED) is 0.322. The van der Waals surface area contributed by atoms with Gasteiger partial charge in [-0.05, 0) is 43.3 Å². The molecule has 7 nitrogen and oxygen atoms in total. The number of nitrogens with zero attached hydrogens (tertiary/aromatic N) is 3. The third-order valence-corrected chi connectivity index (χ3v) is 7.76. The smallest absolute Gasteiger partial charge is 0.225 e. The Balaban J connectivity index is 1.50. The molecule has 1 aromatic carbocycles. The van der Waals surface area contributed by atoms with Gasteiger partial charge in [-0.3, -0.25) is 0 Å². The fourth-order valence-corrected chi connectivity index (χ4v) is 5.89. The molecule has 0 amide bonds. The number of benzene rings is 1. The summed E-state index contributed by atoms with van der Waals surface area (Å²) < 4.78 is 1.12. The van der Waals surface area contributed by atoms with Crippen LogP contribution in [0.1, 0.15) is 23.4 Å². The SMILES string of the molecule is Cc1nc(NCc2cccs2)nc(N[C@@H]2C[C@H](CO)[C@@H](O)C2)c1-c1nc2ccccc2s1. The zero-order valence-electron chi connectivity index (χ0n) is 17.7. The van der Waals surface area contributed by atoms with Crippen molar-refractivity contribution in [2.24, 2.45) is 5.92 Å². The minimum atomic E-state index is -0.511. The molecule has 4 N–H and O–H groups in total. The van der Waals surface area contributed by atoms with E-state index in [9.17, 15) is 10.2 Å². The van der Waals surface area contributed by atoms with Gasteiger partial charge in [-0.1, -0.05) is 18.2 Å². The molecule has 0 saturated heterocycles. The third-order valence-electron chi connectivity index (χ3n) is 5.83. The number of aryl methyl sites for hydroxylation is 1.